The Hall–Kier alpha value is -2.71. The van der Waals surface area contributed by atoms with Crippen molar-refractivity contribution in [1.29, 1.82) is 0 Å². The van der Waals surface area contributed by atoms with E-state index >= 15 is 0 Å². The van der Waals surface area contributed by atoms with E-state index in [-0.39, 0.29) is 11.7 Å². The van der Waals surface area contributed by atoms with Gasteiger partial charge in [-0.05, 0) is 36.4 Å². The van der Waals surface area contributed by atoms with Crippen LogP contribution >= 0.6 is 27.5 Å². The SMILES string of the molecule is Oc1ccc(Cl)cc1/C=N\Nc1nnc2c(n1)[nH]c1ccc(Br)cc12. The van der Waals surface area contributed by atoms with Gasteiger partial charge < -0.3 is 10.1 Å². The molecule has 7 nitrogen and oxygen atoms in total. The molecule has 2 aromatic heterocycles. The van der Waals surface area contributed by atoms with Crippen molar-refractivity contribution in [3.05, 3.63) is 51.5 Å². The number of fused-ring (bicyclic) bond motifs is 3. The Morgan fingerprint density at radius 2 is 2.08 bits per heavy atom. The molecule has 3 N–H and O–H groups in total. The molecule has 0 saturated heterocycles. The molecule has 0 bridgehead atoms. The van der Waals surface area contributed by atoms with Gasteiger partial charge >= 0.3 is 0 Å². The lowest BCUT2D eigenvalue weighted by Crippen LogP contribution is -1.99. The lowest BCUT2D eigenvalue weighted by Gasteiger charge is -2.00. The second-order valence-electron chi connectivity index (χ2n) is 5.22. The van der Waals surface area contributed by atoms with Crippen molar-refractivity contribution in [3.8, 4) is 5.75 Å². The summed E-state index contributed by atoms with van der Waals surface area (Å²) in [6.45, 7) is 0. The van der Waals surface area contributed by atoms with Crippen molar-refractivity contribution in [2.24, 2.45) is 5.10 Å². The van der Waals surface area contributed by atoms with Crippen LogP contribution in [0.1, 0.15) is 5.56 Å². The molecule has 0 fully saturated rings. The van der Waals surface area contributed by atoms with E-state index in [1.807, 2.05) is 18.2 Å². The van der Waals surface area contributed by atoms with E-state index in [2.05, 4.69) is 46.6 Å². The van der Waals surface area contributed by atoms with Crippen LogP contribution in [0.3, 0.4) is 0 Å². The van der Waals surface area contributed by atoms with Gasteiger partial charge in [-0.3, -0.25) is 0 Å². The third kappa shape index (κ3) is 3.13. The fraction of sp³-hybridized carbons (Fsp3) is 0. The summed E-state index contributed by atoms with van der Waals surface area (Å²) in [6, 6.07) is 10.5. The zero-order valence-corrected chi connectivity index (χ0v) is 14.9. The molecule has 0 aliphatic heterocycles. The second-order valence-corrected chi connectivity index (χ2v) is 6.57. The molecule has 4 rings (SSSR count). The zero-order valence-electron chi connectivity index (χ0n) is 12.5. The number of hydrogen-bond donors (Lipinski definition) is 3. The standard InChI is InChI=1S/C16H10BrClN6O/c17-9-1-3-12-11(6-9)14-15(20-12)21-16(24-22-14)23-19-7-8-5-10(18)2-4-13(8)25/h1-7,25H,(H2,20,21,23,24)/b19-7-. The maximum Gasteiger partial charge on any atom is 0.265 e. The topological polar surface area (TPSA) is 99.1 Å². The number of hydrazone groups is 1. The molecule has 9 heteroatoms. The molecule has 0 atom stereocenters. The number of aromatic hydroxyl groups is 1. The predicted octanol–water partition coefficient (Wildman–Crippen LogP) is 4.07. The highest BCUT2D eigenvalue weighted by Crippen LogP contribution is 2.25. The molecular weight excluding hydrogens is 408 g/mol. The molecular formula is C16H10BrClN6O. The smallest absolute Gasteiger partial charge is 0.265 e. The second kappa shape index (κ2) is 6.30. The Kier molecular flexibility index (Phi) is 3.98. The lowest BCUT2D eigenvalue weighted by atomic mass is 10.2. The van der Waals surface area contributed by atoms with Crippen molar-refractivity contribution in [2.75, 3.05) is 5.43 Å². The molecule has 0 aliphatic rings. The molecule has 0 saturated carbocycles. The van der Waals surface area contributed by atoms with Crippen LogP contribution in [0.15, 0.2) is 46.0 Å². The maximum absolute atomic E-state index is 9.75. The number of anilines is 1. The molecule has 2 heterocycles. The predicted molar refractivity (Wildman–Crippen MR) is 101 cm³/mol. The number of hydrogen-bond acceptors (Lipinski definition) is 6. The number of rotatable bonds is 3. The number of phenols is 1. The minimum atomic E-state index is 0.0747. The number of aromatic nitrogens is 4. The molecule has 0 amide bonds. The summed E-state index contributed by atoms with van der Waals surface area (Å²) in [5, 5.41) is 23.4. The molecule has 2 aromatic carbocycles. The van der Waals surface area contributed by atoms with Gasteiger partial charge in [0.2, 0.25) is 0 Å². The summed E-state index contributed by atoms with van der Waals surface area (Å²) >= 11 is 9.33. The molecule has 124 valence electrons. The molecule has 4 aromatic rings. The van der Waals surface area contributed by atoms with E-state index in [1.165, 1.54) is 12.3 Å². The summed E-state index contributed by atoms with van der Waals surface area (Å²) in [5.74, 6) is 0.307. The number of nitrogens with one attached hydrogen (secondary N) is 2. The first-order chi connectivity index (χ1) is 12.1. The number of nitrogens with zero attached hydrogens (tertiary/aromatic N) is 4. The van der Waals surface area contributed by atoms with Crippen molar-refractivity contribution < 1.29 is 5.11 Å². The molecule has 0 unspecified atom stereocenters. The van der Waals surface area contributed by atoms with Gasteiger partial charge in [0.1, 0.15) is 11.3 Å². The van der Waals surface area contributed by atoms with Crippen LogP contribution in [-0.2, 0) is 0 Å². The summed E-state index contributed by atoms with van der Waals surface area (Å²) in [7, 11) is 0. The van der Waals surface area contributed by atoms with Crippen molar-refractivity contribution in [1.82, 2.24) is 20.2 Å². The van der Waals surface area contributed by atoms with Crippen molar-refractivity contribution in [3.63, 3.8) is 0 Å². The van der Waals surface area contributed by atoms with E-state index in [9.17, 15) is 5.11 Å². The third-order valence-corrected chi connectivity index (χ3v) is 4.26. The van der Waals surface area contributed by atoms with E-state index in [0.717, 1.165) is 15.4 Å². The summed E-state index contributed by atoms with van der Waals surface area (Å²) in [6.07, 6.45) is 1.43. The third-order valence-electron chi connectivity index (χ3n) is 3.53. The number of phenolic OH excluding ortho intramolecular Hbond substituents is 1. The van der Waals surface area contributed by atoms with Gasteiger partial charge in [-0.15, -0.1) is 10.2 Å². The molecule has 25 heavy (non-hydrogen) atoms. The fourth-order valence-electron chi connectivity index (χ4n) is 2.38. The summed E-state index contributed by atoms with van der Waals surface area (Å²) in [5.41, 5.74) is 5.37. The van der Waals surface area contributed by atoms with Crippen LogP contribution in [0.5, 0.6) is 5.75 Å². The zero-order chi connectivity index (χ0) is 17.4. The minimum Gasteiger partial charge on any atom is -0.507 e. The number of benzene rings is 2. The van der Waals surface area contributed by atoms with E-state index in [0.29, 0.717) is 21.7 Å². The van der Waals surface area contributed by atoms with Crippen LogP contribution in [0.2, 0.25) is 5.02 Å². The van der Waals surface area contributed by atoms with E-state index in [1.54, 1.807) is 12.1 Å². The Morgan fingerprint density at radius 3 is 2.96 bits per heavy atom. The van der Waals surface area contributed by atoms with E-state index in [4.69, 9.17) is 11.6 Å². The van der Waals surface area contributed by atoms with Crippen molar-refractivity contribution >= 4 is 61.8 Å². The number of aromatic amines is 1. The lowest BCUT2D eigenvalue weighted by molar-refractivity contribution is 0.474. The van der Waals surface area contributed by atoms with Gasteiger partial charge in [-0.1, -0.05) is 27.5 Å². The first-order valence-corrected chi connectivity index (χ1v) is 8.36. The Bertz CT molecular complexity index is 1130. The molecule has 0 spiro atoms. The first-order valence-electron chi connectivity index (χ1n) is 7.19. The average Bonchev–Trinajstić information content (AvgIpc) is 2.95. The number of H-pyrrole nitrogens is 1. The monoisotopic (exact) mass is 416 g/mol. The summed E-state index contributed by atoms with van der Waals surface area (Å²) in [4.78, 5) is 7.54. The largest absolute Gasteiger partial charge is 0.507 e. The van der Waals surface area contributed by atoms with Gasteiger partial charge in [0.05, 0.1) is 6.21 Å². The molecule has 0 aliphatic carbocycles. The molecule has 0 radical (unpaired) electrons. The van der Waals surface area contributed by atoms with Gasteiger partial charge in [0.25, 0.3) is 5.95 Å². The quantitative estimate of drug-likeness (QED) is 0.345. The number of halogens is 2. The van der Waals surface area contributed by atoms with E-state index < -0.39 is 0 Å². The average molecular weight is 418 g/mol. The Balaban J connectivity index is 1.62. The maximum atomic E-state index is 9.75. The fourth-order valence-corrected chi connectivity index (χ4v) is 2.92. The van der Waals surface area contributed by atoms with Crippen LogP contribution < -0.4 is 5.43 Å². The van der Waals surface area contributed by atoms with Gasteiger partial charge in [0.15, 0.2) is 5.65 Å². The Labute approximate surface area is 154 Å². The van der Waals surface area contributed by atoms with Gasteiger partial charge in [0, 0.05) is 26.0 Å². The van der Waals surface area contributed by atoms with Crippen LogP contribution in [0.25, 0.3) is 22.1 Å². The van der Waals surface area contributed by atoms with Gasteiger partial charge in [-0.2, -0.15) is 10.1 Å². The normalized spacial score (nSPS) is 11.6. The minimum absolute atomic E-state index is 0.0747. The van der Waals surface area contributed by atoms with Crippen molar-refractivity contribution in [2.45, 2.75) is 0 Å². The Morgan fingerprint density at radius 1 is 1.20 bits per heavy atom. The summed E-state index contributed by atoms with van der Waals surface area (Å²) < 4.78 is 0.954. The van der Waals surface area contributed by atoms with Gasteiger partial charge in [-0.25, -0.2) is 5.43 Å². The highest BCUT2D eigenvalue weighted by Gasteiger charge is 2.09. The van der Waals surface area contributed by atoms with Crippen LogP contribution in [0.4, 0.5) is 5.95 Å². The van der Waals surface area contributed by atoms with Crippen LogP contribution in [-0.4, -0.2) is 31.5 Å². The first kappa shape index (κ1) is 15.8. The highest BCUT2D eigenvalue weighted by atomic mass is 79.9. The van der Waals surface area contributed by atoms with Crippen LogP contribution in [0, 0.1) is 0 Å². The highest BCUT2D eigenvalue weighted by molar-refractivity contribution is 9.10.